The van der Waals surface area contributed by atoms with Crippen LogP contribution in [0.3, 0.4) is 0 Å². The van der Waals surface area contributed by atoms with Crippen molar-refractivity contribution in [3.8, 4) is 0 Å². The van der Waals surface area contributed by atoms with Crippen molar-refractivity contribution in [2.24, 2.45) is 0 Å². The average Bonchev–Trinajstić information content (AvgIpc) is 2.75. The second kappa shape index (κ2) is 3.47. The second-order valence-electron chi connectivity index (χ2n) is 2.78. The van der Waals surface area contributed by atoms with Gasteiger partial charge in [0.1, 0.15) is 0 Å². The normalized spacial score (nSPS) is 12.1. The van der Waals surface area contributed by atoms with Crippen molar-refractivity contribution in [3.63, 3.8) is 0 Å². The topological polar surface area (TPSA) is 75.5 Å². The summed E-state index contributed by atoms with van der Waals surface area (Å²) in [6.45, 7) is 0. The summed E-state index contributed by atoms with van der Waals surface area (Å²) in [6, 6.07) is 0. The van der Waals surface area contributed by atoms with E-state index < -0.39 is 10.0 Å². The first-order chi connectivity index (χ1) is 7.10. The molecule has 0 saturated carbocycles. The summed E-state index contributed by atoms with van der Waals surface area (Å²) >= 11 is 1.38. The summed E-state index contributed by atoms with van der Waals surface area (Å²) in [5, 5.41) is 4.70. The standard InChI is InChI=1S/C7H10N4O2S2/c1-8-5-6(15(12,13)9-2)11-3-4-14-7(11)10-5/h3-4,8-9H,1-2H3. The largest absolute Gasteiger partial charge is 0.371 e. The zero-order valence-electron chi connectivity index (χ0n) is 8.18. The Morgan fingerprint density at radius 3 is 2.80 bits per heavy atom. The summed E-state index contributed by atoms with van der Waals surface area (Å²) < 4.78 is 27.3. The molecule has 2 aromatic heterocycles. The van der Waals surface area contributed by atoms with Gasteiger partial charge in [0.25, 0.3) is 10.0 Å². The fraction of sp³-hybridized carbons (Fsp3) is 0.286. The maximum absolute atomic E-state index is 11.7. The minimum Gasteiger partial charge on any atom is -0.371 e. The highest BCUT2D eigenvalue weighted by Crippen LogP contribution is 2.24. The van der Waals surface area contributed by atoms with Crippen molar-refractivity contribution in [2.45, 2.75) is 5.03 Å². The van der Waals surface area contributed by atoms with E-state index in [2.05, 4.69) is 15.0 Å². The number of fused-ring (bicyclic) bond motifs is 1. The van der Waals surface area contributed by atoms with E-state index in [0.29, 0.717) is 10.8 Å². The Labute approximate surface area is 91.0 Å². The summed E-state index contributed by atoms with van der Waals surface area (Å²) in [6.07, 6.45) is 1.68. The number of hydrogen-bond donors (Lipinski definition) is 2. The second-order valence-corrected chi connectivity index (χ2v) is 5.45. The van der Waals surface area contributed by atoms with Crippen LogP contribution in [0.4, 0.5) is 5.82 Å². The van der Waals surface area contributed by atoms with Gasteiger partial charge < -0.3 is 5.32 Å². The lowest BCUT2D eigenvalue weighted by atomic mass is 10.7. The zero-order valence-corrected chi connectivity index (χ0v) is 9.82. The van der Waals surface area contributed by atoms with Crippen LogP contribution in [-0.2, 0) is 10.0 Å². The van der Waals surface area contributed by atoms with E-state index in [4.69, 9.17) is 0 Å². The predicted octanol–water partition coefficient (Wildman–Crippen LogP) is 0.346. The number of anilines is 1. The van der Waals surface area contributed by atoms with E-state index in [-0.39, 0.29) is 5.03 Å². The highest BCUT2D eigenvalue weighted by Gasteiger charge is 2.23. The summed E-state index contributed by atoms with van der Waals surface area (Å²) in [5.74, 6) is 0.358. The van der Waals surface area contributed by atoms with Gasteiger partial charge in [-0.1, -0.05) is 0 Å². The number of thiazole rings is 1. The lowest BCUT2D eigenvalue weighted by molar-refractivity contribution is 0.584. The molecule has 0 amide bonds. The fourth-order valence-corrected chi connectivity index (χ4v) is 3.05. The first-order valence-corrected chi connectivity index (χ1v) is 6.53. The number of hydrogen-bond acceptors (Lipinski definition) is 5. The molecular weight excluding hydrogens is 236 g/mol. The van der Waals surface area contributed by atoms with Crippen molar-refractivity contribution >= 4 is 32.1 Å². The third-order valence-electron chi connectivity index (χ3n) is 1.98. The van der Waals surface area contributed by atoms with Crippen molar-refractivity contribution in [1.82, 2.24) is 14.1 Å². The first-order valence-electron chi connectivity index (χ1n) is 4.17. The van der Waals surface area contributed by atoms with E-state index in [1.165, 1.54) is 18.4 Å². The average molecular weight is 246 g/mol. The van der Waals surface area contributed by atoms with Gasteiger partial charge in [0.05, 0.1) is 0 Å². The molecule has 0 fully saturated rings. The zero-order chi connectivity index (χ0) is 11.1. The van der Waals surface area contributed by atoms with Crippen molar-refractivity contribution < 1.29 is 8.42 Å². The first kappa shape index (κ1) is 10.4. The maximum Gasteiger partial charge on any atom is 0.260 e. The van der Waals surface area contributed by atoms with Crippen molar-refractivity contribution in [3.05, 3.63) is 11.6 Å². The summed E-state index contributed by atoms with van der Waals surface area (Å²) in [7, 11) is -0.484. The maximum atomic E-state index is 11.7. The predicted molar refractivity (Wildman–Crippen MR) is 58.9 cm³/mol. The van der Waals surface area contributed by atoms with Crippen molar-refractivity contribution in [2.75, 3.05) is 19.4 Å². The molecule has 0 atom stereocenters. The van der Waals surface area contributed by atoms with Crippen LogP contribution >= 0.6 is 11.3 Å². The Hall–Kier alpha value is -1.12. The van der Waals surface area contributed by atoms with Gasteiger partial charge in [0, 0.05) is 18.6 Å². The molecule has 0 aliphatic carbocycles. The molecule has 6 nitrogen and oxygen atoms in total. The lowest BCUT2D eigenvalue weighted by Gasteiger charge is -2.03. The van der Waals surface area contributed by atoms with Crippen LogP contribution in [0.15, 0.2) is 16.6 Å². The monoisotopic (exact) mass is 246 g/mol. The van der Waals surface area contributed by atoms with Crippen LogP contribution in [0.2, 0.25) is 0 Å². The molecule has 0 unspecified atom stereocenters. The number of imidazole rings is 1. The van der Waals surface area contributed by atoms with Gasteiger partial charge in [0.2, 0.25) is 0 Å². The number of sulfonamides is 1. The van der Waals surface area contributed by atoms with Crippen LogP contribution < -0.4 is 10.0 Å². The van der Waals surface area contributed by atoms with Gasteiger partial charge in [-0.3, -0.25) is 4.40 Å². The van der Waals surface area contributed by atoms with E-state index >= 15 is 0 Å². The Balaban J connectivity index is 2.81. The molecule has 2 aromatic rings. The van der Waals surface area contributed by atoms with Gasteiger partial charge in [-0.05, 0) is 7.05 Å². The Morgan fingerprint density at radius 2 is 2.20 bits per heavy atom. The number of nitrogens with one attached hydrogen (secondary N) is 2. The van der Waals surface area contributed by atoms with E-state index in [0.717, 1.165) is 0 Å². The number of aromatic nitrogens is 2. The van der Waals surface area contributed by atoms with Crippen LogP contribution in [-0.4, -0.2) is 31.9 Å². The van der Waals surface area contributed by atoms with E-state index in [1.807, 2.05) is 0 Å². The molecule has 2 heterocycles. The Bertz CT molecular complexity index is 583. The van der Waals surface area contributed by atoms with Crippen LogP contribution in [0.25, 0.3) is 4.96 Å². The molecule has 82 valence electrons. The lowest BCUT2D eigenvalue weighted by Crippen LogP contribution is -2.21. The molecule has 0 aliphatic rings. The van der Waals surface area contributed by atoms with Gasteiger partial charge >= 0.3 is 0 Å². The molecule has 0 aliphatic heterocycles. The minimum absolute atomic E-state index is 0.142. The van der Waals surface area contributed by atoms with Crippen LogP contribution in [0.5, 0.6) is 0 Å². The molecule has 0 aromatic carbocycles. The van der Waals surface area contributed by atoms with Crippen LogP contribution in [0.1, 0.15) is 0 Å². The summed E-state index contributed by atoms with van der Waals surface area (Å²) in [5.41, 5.74) is 0. The van der Waals surface area contributed by atoms with Crippen LogP contribution in [0, 0.1) is 0 Å². The smallest absolute Gasteiger partial charge is 0.260 e. The quantitative estimate of drug-likeness (QED) is 0.819. The Kier molecular flexibility index (Phi) is 2.41. The minimum atomic E-state index is -3.50. The molecule has 0 radical (unpaired) electrons. The molecule has 0 saturated heterocycles. The van der Waals surface area contributed by atoms with Gasteiger partial charge in [-0.15, -0.1) is 11.3 Å². The SMILES string of the molecule is CNc1nc2sccn2c1S(=O)(=O)NC. The molecule has 15 heavy (non-hydrogen) atoms. The Morgan fingerprint density at radius 1 is 1.47 bits per heavy atom. The number of rotatable bonds is 3. The third kappa shape index (κ3) is 1.50. The molecule has 2 N–H and O–H groups in total. The molecule has 0 spiro atoms. The van der Waals surface area contributed by atoms with Gasteiger partial charge in [0.15, 0.2) is 15.8 Å². The van der Waals surface area contributed by atoms with Gasteiger partial charge in [-0.25, -0.2) is 18.1 Å². The fourth-order valence-electron chi connectivity index (χ4n) is 1.28. The highest BCUT2D eigenvalue weighted by molar-refractivity contribution is 7.89. The molecular formula is C7H10N4O2S2. The molecule has 8 heteroatoms. The molecule has 0 bridgehead atoms. The number of nitrogens with zero attached hydrogens (tertiary/aromatic N) is 2. The highest BCUT2D eigenvalue weighted by atomic mass is 32.2. The van der Waals surface area contributed by atoms with Gasteiger partial charge in [-0.2, -0.15) is 0 Å². The van der Waals surface area contributed by atoms with E-state index in [1.54, 1.807) is 23.0 Å². The van der Waals surface area contributed by atoms with Crippen molar-refractivity contribution in [1.29, 1.82) is 0 Å². The molecule has 2 rings (SSSR count). The van der Waals surface area contributed by atoms with E-state index in [9.17, 15) is 8.42 Å². The summed E-state index contributed by atoms with van der Waals surface area (Å²) in [4.78, 5) is 4.80. The third-order valence-corrected chi connectivity index (χ3v) is 4.17.